The highest BCUT2D eigenvalue weighted by Crippen LogP contribution is 2.37. The molecule has 20 heavy (non-hydrogen) atoms. The molecule has 0 aliphatic carbocycles. The maximum absolute atomic E-state index is 5.78. The number of hydrogen-bond donors (Lipinski definition) is 2. The third-order valence-electron chi connectivity index (χ3n) is 3.39. The summed E-state index contributed by atoms with van der Waals surface area (Å²) in [5, 5.41) is 10.5. The first-order valence-corrected chi connectivity index (χ1v) is 7.15. The van der Waals surface area contributed by atoms with Crippen molar-refractivity contribution in [3.05, 3.63) is 35.9 Å². The summed E-state index contributed by atoms with van der Waals surface area (Å²) in [5.41, 5.74) is 8.97. The molecule has 0 spiro atoms. The van der Waals surface area contributed by atoms with Crippen LogP contribution in [0.25, 0.3) is 21.0 Å². The summed E-state index contributed by atoms with van der Waals surface area (Å²) in [6.45, 7) is 0.782. The normalized spacial score (nSPS) is 13.2. The maximum Gasteiger partial charge on any atom is 0.174 e. The molecule has 3 heterocycles. The van der Waals surface area contributed by atoms with E-state index in [4.69, 9.17) is 10.5 Å². The first-order chi connectivity index (χ1) is 9.81. The fourth-order valence-corrected chi connectivity index (χ4v) is 3.38. The quantitative estimate of drug-likeness (QED) is 0.758. The molecule has 6 heteroatoms. The van der Waals surface area contributed by atoms with E-state index < -0.39 is 0 Å². The molecule has 3 N–H and O–H groups in total. The van der Waals surface area contributed by atoms with Gasteiger partial charge >= 0.3 is 0 Å². The summed E-state index contributed by atoms with van der Waals surface area (Å²) in [7, 11) is 0. The summed E-state index contributed by atoms with van der Waals surface area (Å²) in [4.78, 5) is 2.21. The lowest BCUT2D eigenvalue weighted by Gasteiger charge is -2.01. The molecule has 0 amide bonds. The van der Waals surface area contributed by atoms with E-state index in [-0.39, 0.29) is 0 Å². The number of nitrogen functional groups attached to an aromatic ring is 1. The Bertz CT molecular complexity index is 777. The van der Waals surface area contributed by atoms with E-state index in [0.717, 1.165) is 23.7 Å². The minimum Gasteiger partial charge on any atom is -0.493 e. The van der Waals surface area contributed by atoms with Gasteiger partial charge in [-0.25, -0.2) is 0 Å². The van der Waals surface area contributed by atoms with Gasteiger partial charge in [0.15, 0.2) is 5.82 Å². The fourth-order valence-electron chi connectivity index (χ4n) is 2.38. The van der Waals surface area contributed by atoms with Crippen LogP contribution < -0.4 is 10.5 Å². The van der Waals surface area contributed by atoms with Crippen LogP contribution in [0.3, 0.4) is 0 Å². The van der Waals surface area contributed by atoms with Crippen LogP contribution >= 0.6 is 11.3 Å². The zero-order valence-electron chi connectivity index (χ0n) is 10.6. The van der Waals surface area contributed by atoms with Crippen molar-refractivity contribution in [3.8, 4) is 26.8 Å². The molecule has 100 valence electrons. The third-order valence-corrected chi connectivity index (χ3v) is 4.53. The molecule has 5 nitrogen and oxygen atoms in total. The number of nitrogens with one attached hydrogen (secondary N) is 1. The van der Waals surface area contributed by atoms with Gasteiger partial charge in [-0.3, -0.25) is 0 Å². The van der Waals surface area contributed by atoms with E-state index in [1.165, 1.54) is 16.0 Å². The number of nitrogens with two attached hydrogens (primary N) is 1. The van der Waals surface area contributed by atoms with Crippen LogP contribution in [0.4, 0.5) is 5.82 Å². The van der Waals surface area contributed by atoms with Gasteiger partial charge in [-0.15, -0.1) is 16.4 Å². The van der Waals surface area contributed by atoms with Crippen LogP contribution in [-0.4, -0.2) is 22.0 Å². The molecular weight excluding hydrogens is 272 g/mol. The zero-order chi connectivity index (χ0) is 13.5. The van der Waals surface area contributed by atoms with Crippen molar-refractivity contribution in [3.63, 3.8) is 0 Å². The number of rotatable bonds is 2. The summed E-state index contributed by atoms with van der Waals surface area (Å²) >= 11 is 1.66. The van der Waals surface area contributed by atoms with Gasteiger partial charge in [0, 0.05) is 11.3 Å². The number of ether oxygens (including phenoxy) is 1. The molecule has 0 atom stereocenters. The number of aromatic amines is 1. The van der Waals surface area contributed by atoms with E-state index in [1.807, 2.05) is 12.1 Å². The van der Waals surface area contributed by atoms with Crippen LogP contribution in [0.1, 0.15) is 5.56 Å². The Morgan fingerprint density at radius 2 is 2.05 bits per heavy atom. The Morgan fingerprint density at radius 1 is 1.15 bits per heavy atom. The Hall–Kier alpha value is -2.34. The molecule has 0 fully saturated rings. The maximum atomic E-state index is 5.78. The molecule has 3 aromatic rings. The van der Waals surface area contributed by atoms with Crippen LogP contribution in [-0.2, 0) is 6.42 Å². The summed E-state index contributed by atoms with van der Waals surface area (Å²) < 4.78 is 5.53. The highest BCUT2D eigenvalue weighted by Gasteiger charge is 2.15. The standard InChI is InChI=1S/C14H12N4OS/c15-14-13(16-18-17-14)12-4-3-11(20-12)9-1-2-10-8(7-9)5-6-19-10/h1-4,7H,5-6H2,(H3,15,16,17,18). The van der Waals surface area contributed by atoms with Crippen molar-refractivity contribution in [2.24, 2.45) is 0 Å². The second-order valence-corrected chi connectivity index (χ2v) is 5.73. The summed E-state index contributed by atoms with van der Waals surface area (Å²) in [5.74, 6) is 1.44. The fraction of sp³-hybridized carbons (Fsp3) is 0.143. The molecule has 1 aromatic carbocycles. The molecule has 4 rings (SSSR count). The minimum absolute atomic E-state index is 0.431. The van der Waals surface area contributed by atoms with Crippen LogP contribution in [0.5, 0.6) is 5.75 Å². The van der Waals surface area contributed by atoms with Gasteiger partial charge in [-0.05, 0) is 41.5 Å². The summed E-state index contributed by atoms with van der Waals surface area (Å²) in [6, 6.07) is 10.4. The molecule has 0 unspecified atom stereocenters. The first kappa shape index (κ1) is 11.5. The Kier molecular flexibility index (Phi) is 2.50. The van der Waals surface area contributed by atoms with E-state index in [9.17, 15) is 0 Å². The minimum atomic E-state index is 0.431. The topological polar surface area (TPSA) is 76.8 Å². The second-order valence-electron chi connectivity index (χ2n) is 4.64. The van der Waals surface area contributed by atoms with Gasteiger partial charge in [-0.2, -0.15) is 10.3 Å². The number of hydrogen-bond acceptors (Lipinski definition) is 5. The average molecular weight is 284 g/mol. The van der Waals surface area contributed by atoms with E-state index >= 15 is 0 Å². The predicted molar refractivity (Wildman–Crippen MR) is 78.7 cm³/mol. The third kappa shape index (κ3) is 1.77. The van der Waals surface area contributed by atoms with Gasteiger partial charge in [0.25, 0.3) is 0 Å². The Labute approximate surface area is 119 Å². The lowest BCUT2D eigenvalue weighted by molar-refractivity contribution is 0.357. The van der Waals surface area contributed by atoms with Gasteiger partial charge < -0.3 is 10.5 Å². The highest BCUT2D eigenvalue weighted by atomic mass is 32.1. The van der Waals surface area contributed by atoms with Gasteiger partial charge in [0.05, 0.1) is 11.5 Å². The number of benzene rings is 1. The molecule has 0 saturated carbocycles. The largest absolute Gasteiger partial charge is 0.493 e. The molecule has 0 bridgehead atoms. The molecular formula is C14H12N4OS. The van der Waals surface area contributed by atoms with E-state index in [1.54, 1.807) is 11.3 Å². The van der Waals surface area contributed by atoms with Crippen molar-refractivity contribution in [1.29, 1.82) is 0 Å². The zero-order valence-corrected chi connectivity index (χ0v) is 11.4. The van der Waals surface area contributed by atoms with Crippen molar-refractivity contribution in [2.75, 3.05) is 12.3 Å². The van der Waals surface area contributed by atoms with Crippen LogP contribution in [0.2, 0.25) is 0 Å². The average Bonchev–Trinajstić information content (AvgIpc) is 3.17. The molecule has 0 radical (unpaired) electrons. The van der Waals surface area contributed by atoms with Gasteiger partial charge in [0.2, 0.25) is 0 Å². The Balaban J connectivity index is 1.73. The van der Waals surface area contributed by atoms with Crippen molar-refractivity contribution < 1.29 is 4.74 Å². The van der Waals surface area contributed by atoms with Gasteiger partial charge in [0.1, 0.15) is 11.4 Å². The molecule has 0 saturated heterocycles. The first-order valence-electron chi connectivity index (χ1n) is 6.34. The van der Waals surface area contributed by atoms with Gasteiger partial charge in [-0.1, -0.05) is 0 Å². The monoisotopic (exact) mass is 284 g/mol. The number of fused-ring (bicyclic) bond motifs is 1. The van der Waals surface area contributed by atoms with E-state index in [2.05, 4.69) is 33.6 Å². The Morgan fingerprint density at radius 3 is 2.90 bits per heavy atom. The lowest BCUT2D eigenvalue weighted by atomic mass is 10.1. The van der Waals surface area contributed by atoms with Crippen LogP contribution in [0, 0.1) is 0 Å². The second kappa shape index (κ2) is 4.35. The molecule has 2 aromatic heterocycles. The number of anilines is 1. The van der Waals surface area contributed by atoms with Crippen LogP contribution in [0.15, 0.2) is 30.3 Å². The SMILES string of the molecule is Nc1n[nH]nc1-c1ccc(-c2ccc3c(c2)CCO3)s1. The predicted octanol–water partition coefficient (Wildman–Crippen LogP) is 2.72. The van der Waals surface area contributed by atoms with Crippen molar-refractivity contribution >= 4 is 17.2 Å². The smallest absolute Gasteiger partial charge is 0.174 e. The molecule has 1 aliphatic heterocycles. The molecule has 1 aliphatic rings. The summed E-state index contributed by atoms with van der Waals surface area (Å²) in [6.07, 6.45) is 0.984. The number of aromatic nitrogens is 3. The van der Waals surface area contributed by atoms with E-state index in [0.29, 0.717) is 11.5 Å². The lowest BCUT2D eigenvalue weighted by Crippen LogP contribution is -1.86. The van der Waals surface area contributed by atoms with Crippen molar-refractivity contribution in [2.45, 2.75) is 6.42 Å². The number of thiophene rings is 1. The number of H-pyrrole nitrogens is 1. The number of nitrogens with zero attached hydrogens (tertiary/aromatic N) is 2. The highest BCUT2D eigenvalue weighted by molar-refractivity contribution is 7.18. The van der Waals surface area contributed by atoms with Crippen molar-refractivity contribution in [1.82, 2.24) is 15.4 Å².